The summed E-state index contributed by atoms with van der Waals surface area (Å²) in [5.41, 5.74) is 0.935. The third-order valence-electron chi connectivity index (χ3n) is 2.31. The highest BCUT2D eigenvalue weighted by Gasteiger charge is 2.09. The summed E-state index contributed by atoms with van der Waals surface area (Å²) in [6.07, 6.45) is 0. The van der Waals surface area contributed by atoms with Gasteiger partial charge < -0.3 is 5.32 Å². The summed E-state index contributed by atoms with van der Waals surface area (Å²) in [5.74, 6) is 0.0964. The fourth-order valence-corrected chi connectivity index (χ4v) is 2.76. The summed E-state index contributed by atoms with van der Waals surface area (Å²) < 4.78 is 26.9. The number of sulfonamides is 1. The first-order valence-electron chi connectivity index (χ1n) is 5.84. The average Bonchev–Trinajstić information content (AvgIpc) is 2.26. The zero-order chi connectivity index (χ0) is 13.6. The molecule has 1 aromatic rings. The molecule has 4 nitrogen and oxygen atoms in total. The molecule has 18 heavy (non-hydrogen) atoms. The molecule has 0 aliphatic heterocycles. The molecule has 0 saturated carbocycles. The Morgan fingerprint density at radius 3 is 2.67 bits per heavy atom. The van der Waals surface area contributed by atoms with E-state index in [1.807, 2.05) is 38.1 Å². The van der Waals surface area contributed by atoms with Crippen molar-refractivity contribution in [3.8, 4) is 0 Å². The van der Waals surface area contributed by atoms with Gasteiger partial charge in [0.25, 0.3) is 0 Å². The third-order valence-corrected chi connectivity index (χ3v) is 4.13. The Morgan fingerprint density at radius 2 is 2.06 bits per heavy atom. The van der Waals surface area contributed by atoms with E-state index in [1.54, 1.807) is 0 Å². The number of rotatable bonds is 7. The molecule has 1 rings (SSSR count). The molecule has 0 fully saturated rings. The molecule has 1 aromatic carbocycles. The fourth-order valence-electron chi connectivity index (χ4n) is 1.39. The largest absolute Gasteiger partial charge is 0.313 e. The van der Waals surface area contributed by atoms with E-state index in [1.165, 1.54) is 0 Å². The zero-order valence-electron chi connectivity index (χ0n) is 10.6. The van der Waals surface area contributed by atoms with Crippen LogP contribution in [0.5, 0.6) is 0 Å². The number of halogens is 1. The van der Waals surface area contributed by atoms with Crippen LogP contribution in [0.3, 0.4) is 0 Å². The van der Waals surface area contributed by atoms with Crippen LogP contribution in [0.4, 0.5) is 0 Å². The molecule has 2 N–H and O–H groups in total. The van der Waals surface area contributed by atoms with Crippen LogP contribution in [-0.4, -0.2) is 26.8 Å². The first kappa shape index (κ1) is 15.6. The third kappa shape index (κ3) is 6.49. The van der Waals surface area contributed by atoms with Crippen molar-refractivity contribution in [2.75, 3.05) is 12.3 Å². The normalized spacial score (nSPS) is 12.0. The van der Waals surface area contributed by atoms with E-state index in [0.29, 0.717) is 19.1 Å². The maximum Gasteiger partial charge on any atom is 0.213 e. The molecule has 102 valence electrons. The Hall–Kier alpha value is -0.430. The number of hydrogen-bond acceptors (Lipinski definition) is 3. The van der Waals surface area contributed by atoms with Crippen LogP contribution < -0.4 is 10.0 Å². The maximum absolute atomic E-state index is 11.7. The molecule has 0 bridgehead atoms. The number of hydrogen-bond donors (Lipinski definition) is 2. The lowest BCUT2D eigenvalue weighted by Crippen LogP contribution is -2.34. The van der Waals surface area contributed by atoms with Crippen LogP contribution in [0.25, 0.3) is 0 Å². The van der Waals surface area contributed by atoms with Gasteiger partial charge in [0.05, 0.1) is 5.75 Å². The maximum atomic E-state index is 11.7. The van der Waals surface area contributed by atoms with E-state index in [9.17, 15) is 8.42 Å². The highest BCUT2D eigenvalue weighted by molar-refractivity contribution is 9.10. The van der Waals surface area contributed by atoms with Gasteiger partial charge in [-0.2, -0.15) is 0 Å². The summed E-state index contributed by atoms with van der Waals surface area (Å²) in [6.45, 7) is 4.76. The highest BCUT2D eigenvalue weighted by atomic mass is 79.9. The van der Waals surface area contributed by atoms with Crippen molar-refractivity contribution in [1.82, 2.24) is 10.0 Å². The first-order chi connectivity index (χ1) is 8.39. The molecule has 0 radical (unpaired) electrons. The Kier molecular flexibility index (Phi) is 6.28. The van der Waals surface area contributed by atoms with Gasteiger partial charge in [-0.3, -0.25) is 0 Å². The van der Waals surface area contributed by atoms with Crippen molar-refractivity contribution >= 4 is 26.0 Å². The van der Waals surface area contributed by atoms with Crippen LogP contribution in [0.2, 0.25) is 0 Å². The van der Waals surface area contributed by atoms with Crippen molar-refractivity contribution in [2.24, 2.45) is 0 Å². The molecule has 6 heteroatoms. The molecular weight excluding hydrogens is 316 g/mol. The Morgan fingerprint density at radius 1 is 1.33 bits per heavy atom. The van der Waals surface area contributed by atoms with Crippen LogP contribution in [0, 0.1) is 0 Å². The smallest absolute Gasteiger partial charge is 0.213 e. The van der Waals surface area contributed by atoms with Crippen molar-refractivity contribution < 1.29 is 8.42 Å². The predicted molar refractivity (Wildman–Crippen MR) is 77.9 cm³/mol. The van der Waals surface area contributed by atoms with E-state index >= 15 is 0 Å². The Bertz CT molecular complexity index is 475. The minimum atomic E-state index is -3.22. The van der Waals surface area contributed by atoms with E-state index in [2.05, 4.69) is 26.0 Å². The summed E-state index contributed by atoms with van der Waals surface area (Å²) in [5, 5.41) is 3.08. The topological polar surface area (TPSA) is 58.2 Å². The van der Waals surface area contributed by atoms with Gasteiger partial charge in [-0.1, -0.05) is 41.9 Å². The lowest BCUT2D eigenvalue weighted by atomic mass is 10.2. The van der Waals surface area contributed by atoms with Crippen molar-refractivity contribution in [3.63, 3.8) is 0 Å². The fraction of sp³-hybridized carbons (Fsp3) is 0.500. The second-order valence-corrected chi connectivity index (χ2v) is 7.22. The minimum absolute atomic E-state index is 0.0964. The lowest BCUT2D eigenvalue weighted by Gasteiger charge is -2.09. The lowest BCUT2D eigenvalue weighted by molar-refractivity contribution is 0.566. The van der Waals surface area contributed by atoms with Crippen LogP contribution in [0.1, 0.15) is 19.4 Å². The van der Waals surface area contributed by atoms with Crippen molar-refractivity contribution in [1.29, 1.82) is 0 Å². The quantitative estimate of drug-likeness (QED) is 0.800. The van der Waals surface area contributed by atoms with Crippen LogP contribution >= 0.6 is 15.9 Å². The van der Waals surface area contributed by atoms with Crippen molar-refractivity contribution in [3.05, 3.63) is 34.3 Å². The summed E-state index contributed by atoms with van der Waals surface area (Å²) in [7, 11) is -3.22. The van der Waals surface area contributed by atoms with Gasteiger partial charge in [0.1, 0.15) is 0 Å². The molecule has 0 amide bonds. The minimum Gasteiger partial charge on any atom is -0.313 e. The highest BCUT2D eigenvalue weighted by Crippen LogP contribution is 2.11. The van der Waals surface area contributed by atoms with Crippen LogP contribution in [-0.2, 0) is 16.6 Å². The summed E-state index contributed by atoms with van der Waals surface area (Å²) >= 11 is 3.35. The predicted octanol–water partition coefficient (Wildman–Crippen LogP) is 1.87. The van der Waals surface area contributed by atoms with Gasteiger partial charge in [-0.15, -0.1) is 0 Å². The molecule has 0 heterocycles. The Labute approximate surface area is 117 Å². The molecule has 0 aliphatic carbocycles. The average molecular weight is 335 g/mol. The van der Waals surface area contributed by atoms with Gasteiger partial charge in [0.2, 0.25) is 10.0 Å². The van der Waals surface area contributed by atoms with E-state index in [4.69, 9.17) is 0 Å². The molecule has 0 atom stereocenters. The molecule has 0 aliphatic rings. The molecule has 0 aromatic heterocycles. The second kappa shape index (κ2) is 7.23. The van der Waals surface area contributed by atoms with E-state index in [-0.39, 0.29) is 5.75 Å². The standard InChI is InChI=1S/C12H19BrN2O2S/c1-10(2)14-6-7-18(16,17)15-9-11-4-3-5-12(13)8-11/h3-5,8,10,14-15H,6-7,9H2,1-2H3. The molecular formula is C12H19BrN2O2S. The van der Waals surface area contributed by atoms with Crippen molar-refractivity contribution in [2.45, 2.75) is 26.4 Å². The Balaban J connectivity index is 2.42. The van der Waals surface area contributed by atoms with E-state index < -0.39 is 10.0 Å². The van der Waals surface area contributed by atoms with Gasteiger partial charge >= 0.3 is 0 Å². The van der Waals surface area contributed by atoms with Gasteiger partial charge in [0.15, 0.2) is 0 Å². The van der Waals surface area contributed by atoms with E-state index in [0.717, 1.165) is 10.0 Å². The molecule has 0 spiro atoms. The monoisotopic (exact) mass is 334 g/mol. The summed E-state index contributed by atoms with van der Waals surface area (Å²) in [6, 6.07) is 7.87. The second-order valence-electron chi connectivity index (χ2n) is 4.38. The number of benzene rings is 1. The number of nitrogens with one attached hydrogen (secondary N) is 2. The molecule has 0 unspecified atom stereocenters. The summed E-state index contributed by atoms with van der Waals surface area (Å²) in [4.78, 5) is 0. The van der Waals surface area contributed by atoms with Gasteiger partial charge in [-0.25, -0.2) is 13.1 Å². The molecule has 0 saturated heterocycles. The SMILES string of the molecule is CC(C)NCCS(=O)(=O)NCc1cccc(Br)c1. The van der Waals surface area contributed by atoms with Gasteiger partial charge in [-0.05, 0) is 17.7 Å². The first-order valence-corrected chi connectivity index (χ1v) is 8.29. The zero-order valence-corrected chi connectivity index (χ0v) is 13.0. The van der Waals surface area contributed by atoms with Gasteiger partial charge in [0, 0.05) is 23.6 Å². The van der Waals surface area contributed by atoms with Crippen LogP contribution in [0.15, 0.2) is 28.7 Å².